The molecule has 1 N–H and O–H groups in total. The number of halogens is 2. The molecule has 1 aliphatic carbocycles. The Morgan fingerprint density at radius 1 is 1.14 bits per heavy atom. The Hall–Kier alpha value is -0.990. The molecule has 0 fully saturated rings. The third-order valence-electron chi connectivity index (χ3n) is 4.44. The second-order valence-electron chi connectivity index (χ2n) is 6.37. The molecule has 0 aliphatic heterocycles. The minimum atomic E-state index is 0.204. The first-order valence-corrected chi connectivity index (χ1v) is 8.44. The maximum atomic E-state index is 6.22. The van der Waals surface area contributed by atoms with Gasteiger partial charge < -0.3 is 5.32 Å². The van der Waals surface area contributed by atoms with Crippen LogP contribution in [0.1, 0.15) is 37.4 Å². The fraction of sp³-hybridized carbons (Fsp3) is 0.333. The van der Waals surface area contributed by atoms with E-state index >= 15 is 0 Å². The van der Waals surface area contributed by atoms with Crippen molar-refractivity contribution in [2.75, 3.05) is 5.32 Å². The fourth-order valence-electron chi connectivity index (χ4n) is 3.11. The van der Waals surface area contributed by atoms with Gasteiger partial charge in [-0.25, -0.2) is 0 Å². The molecule has 0 saturated carbocycles. The van der Waals surface area contributed by atoms with Crippen molar-refractivity contribution in [3.63, 3.8) is 0 Å². The van der Waals surface area contributed by atoms with Gasteiger partial charge in [-0.15, -0.1) is 0 Å². The molecule has 1 aliphatic rings. The molecule has 2 aromatic carbocycles. The van der Waals surface area contributed by atoms with Gasteiger partial charge in [0.25, 0.3) is 0 Å². The van der Waals surface area contributed by atoms with Gasteiger partial charge in [0.05, 0.1) is 21.2 Å². The number of hydrogen-bond donors (Lipinski definition) is 1. The summed E-state index contributed by atoms with van der Waals surface area (Å²) in [5, 5.41) is 4.44. The highest BCUT2D eigenvalue weighted by Gasteiger charge is 2.35. The standard InChI is InChI=1S/C18H19BrClN/c1-18(2)11-10-12-6-3-4-7-13(12)17(18)21-15-9-5-8-14(20)16(15)19/h3-9,17,21H,10-11H2,1-2H3. The SMILES string of the molecule is CC1(C)CCc2ccccc2C1Nc1cccc(Cl)c1Br. The Bertz CT molecular complexity index is 666. The molecular formula is C18H19BrClN. The van der Waals surface area contributed by atoms with Crippen LogP contribution >= 0.6 is 27.5 Å². The molecule has 0 saturated heterocycles. The van der Waals surface area contributed by atoms with Gasteiger partial charge in [0.15, 0.2) is 0 Å². The lowest BCUT2D eigenvalue weighted by Gasteiger charge is -2.41. The van der Waals surface area contributed by atoms with Crippen molar-refractivity contribution in [2.45, 2.75) is 32.7 Å². The number of hydrogen-bond acceptors (Lipinski definition) is 1. The number of benzene rings is 2. The van der Waals surface area contributed by atoms with Gasteiger partial charge in [0.1, 0.15) is 0 Å². The number of nitrogens with one attached hydrogen (secondary N) is 1. The van der Waals surface area contributed by atoms with E-state index in [1.807, 2.05) is 12.1 Å². The molecule has 110 valence electrons. The molecule has 0 spiro atoms. The van der Waals surface area contributed by atoms with Gasteiger partial charge in [-0.05, 0) is 57.4 Å². The lowest BCUT2D eigenvalue weighted by atomic mass is 9.70. The highest BCUT2D eigenvalue weighted by molar-refractivity contribution is 9.10. The second-order valence-corrected chi connectivity index (χ2v) is 7.57. The van der Waals surface area contributed by atoms with Crippen LogP contribution in [-0.4, -0.2) is 0 Å². The predicted octanol–water partition coefficient (Wildman–Crippen LogP) is 6.23. The highest BCUT2D eigenvalue weighted by atomic mass is 79.9. The van der Waals surface area contributed by atoms with E-state index in [2.05, 4.69) is 65.4 Å². The number of anilines is 1. The number of fused-ring (bicyclic) bond motifs is 1. The first-order chi connectivity index (χ1) is 9.99. The van der Waals surface area contributed by atoms with Crippen molar-refractivity contribution in [1.82, 2.24) is 0 Å². The van der Waals surface area contributed by atoms with Gasteiger partial charge in [0, 0.05) is 0 Å². The maximum absolute atomic E-state index is 6.22. The zero-order chi connectivity index (χ0) is 15.0. The van der Waals surface area contributed by atoms with E-state index in [1.165, 1.54) is 17.5 Å². The molecule has 0 aromatic heterocycles. The first kappa shape index (κ1) is 14.9. The van der Waals surface area contributed by atoms with E-state index in [9.17, 15) is 0 Å². The van der Waals surface area contributed by atoms with Crippen molar-refractivity contribution in [3.05, 3.63) is 63.1 Å². The van der Waals surface area contributed by atoms with Gasteiger partial charge in [-0.2, -0.15) is 0 Å². The summed E-state index contributed by atoms with van der Waals surface area (Å²) >= 11 is 9.81. The summed E-state index contributed by atoms with van der Waals surface area (Å²) in [6.45, 7) is 4.66. The van der Waals surface area contributed by atoms with Crippen molar-refractivity contribution in [1.29, 1.82) is 0 Å². The van der Waals surface area contributed by atoms with E-state index in [4.69, 9.17) is 11.6 Å². The molecule has 0 radical (unpaired) electrons. The van der Waals surface area contributed by atoms with Crippen LogP contribution in [0.2, 0.25) is 5.02 Å². The van der Waals surface area contributed by atoms with Crippen LogP contribution in [0.5, 0.6) is 0 Å². The Labute approximate surface area is 139 Å². The molecule has 0 amide bonds. The van der Waals surface area contributed by atoms with Crippen molar-refractivity contribution in [3.8, 4) is 0 Å². The van der Waals surface area contributed by atoms with Crippen molar-refractivity contribution >= 4 is 33.2 Å². The molecule has 3 heteroatoms. The summed E-state index contributed by atoms with van der Waals surface area (Å²) in [5.41, 5.74) is 4.11. The minimum Gasteiger partial charge on any atom is -0.377 e. The zero-order valence-electron chi connectivity index (χ0n) is 12.3. The smallest absolute Gasteiger partial charge is 0.0593 e. The topological polar surface area (TPSA) is 12.0 Å². The molecule has 1 nitrogen and oxygen atoms in total. The lowest BCUT2D eigenvalue weighted by molar-refractivity contribution is 0.265. The van der Waals surface area contributed by atoms with E-state index in [1.54, 1.807) is 0 Å². The number of rotatable bonds is 2. The third kappa shape index (κ3) is 2.84. The summed E-state index contributed by atoms with van der Waals surface area (Å²) in [5.74, 6) is 0. The van der Waals surface area contributed by atoms with Crippen LogP contribution < -0.4 is 5.32 Å². The van der Waals surface area contributed by atoms with E-state index < -0.39 is 0 Å². The summed E-state index contributed by atoms with van der Waals surface area (Å²) in [4.78, 5) is 0. The summed E-state index contributed by atoms with van der Waals surface area (Å²) in [7, 11) is 0. The third-order valence-corrected chi connectivity index (χ3v) is 5.84. The van der Waals surface area contributed by atoms with Gasteiger partial charge in [-0.1, -0.05) is 55.8 Å². The minimum absolute atomic E-state index is 0.204. The summed E-state index contributed by atoms with van der Waals surface area (Å²) in [6, 6.07) is 15.0. The van der Waals surface area contributed by atoms with Crippen LogP contribution in [0, 0.1) is 5.41 Å². The molecule has 1 unspecified atom stereocenters. The monoisotopic (exact) mass is 363 g/mol. The van der Waals surface area contributed by atoms with Crippen LogP contribution in [-0.2, 0) is 6.42 Å². The lowest BCUT2D eigenvalue weighted by Crippen LogP contribution is -2.33. The van der Waals surface area contributed by atoms with Crippen LogP contribution in [0.25, 0.3) is 0 Å². The predicted molar refractivity (Wildman–Crippen MR) is 94.1 cm³/mol. The number of aryl methyl sites for hydroxylation is 1. The van der Waals surface area contributed by atoms with E-state index in [-0.39, 0.29) is 11.5 Å². The van der Waals surface area contributed by atoms with Gasteiger partial charge in [-0.3, -0.25) is 0 Å². The normalized spacial score (nSPS) is 19.9. The first-order valence-electron chi connectivity index (χ1n) is 7.27. The average molecular weight is 365 g/mol. The van der Waals surface area contributed by atoms with E-state index in [0.29, 0.717) is 0 Å². The summed E-state index contributed by atoms with van der Waals surface area (Å²) in [6.07, 6.45) is 2.33. The fourth-order valence-corrected chi connectivity index (χ4v) is 3.66. The average Bonchev–Trinajstić information content (AvgIpc) is 2.46. The van der Waals surface area contributed by atoms with Crippen molar-refractivity contribution < 1.29 is 0 Å². The summed E-state index contributed by atoms with van der Waals surface area (Å²) < 4.78 is 0.936. The Morgan fingerprint density at radius 2 is 1.90 bits per heavy atom. The van der Waals surface area contributed by atoms with Crippen LogP contribution in [0.3, 0.4) is 0 Å². The molecule has 2 aromatic rings. The molecule has 1 atom stereocenters. The molecular weight excluding hydrogens is 346 g/mol. The highest BCUT2D eigenvalue weighted by Crippen LogP contribution is 2.46. The maximum Gasteiger partial charge on any atom is 0.0593 e. The molecule has 0 bridgehead atoms. The molecule has 0 heterocycles. The van der Waals surface area contributed by atoms with E-state index in [0.717, 1.165) is 21.6 Å². The van der Waals surface area contributed by atoms with Gasteiger partial charge in [0.2, 0.25) is 0 Å². The Kier molecular flexibility index (Phi) is 4.02. The largest absolute Gasteiger partial charge is 0.377 e. The van der Waals surface area contributed by atoms with Gasteiger partial charge >= 0.3 is 0 Å². The van der Waals surface area contributed by atoms with Crippen LogP contribution in [0.15, 0.2) is 46.9 Å². The second kappa shape index (κ2) is 5.66. The zero-order valence-corrected chi connectivity index (χ0v) is 14.6. The Balaban J connectivity index is 2.01. The quantitative estimate of drug-likeness (QED) is 0.666. The van der Waals surface area contributed by atoms with Crippen molar-refractivity contribution in [2.24, 2.45) is 5.41 Å². The molecule has 3 rings (SSSR count). The Morgan fingerprint density at radius 3 is 2.71 bits per heavy atom. The van der Waals surface area contributed by atoms with Crippen LogP contribution in [0.4, 0.5) is 5.69 Å². The molecule has 21 heavy (non-hydrogen) atoms.